The molecule has 47 heavy (non-hydrogen) atoms. The number of hydrogen-bond donors (Lipinski definition) is 1. The van der Waals surface area contributed by atoms with Crippen molar-refractivity contribution in [2.75, 3.05) is 11.5 Å². The first-order chi connectivity index (χ1) is 22.9. The number of fused-ring (bicyclic) bond motifs is 2. The minimum atomic E-state index is -0.933. The van der Waals surface area contributed by atoms with Crippen LogP contribution in [0.4, 0.5) is 5.13 Å². The van der Waals surface area contributed by atoms with E-state index in [2.05, 4.69) is 41.4 Å². The quantitative estimate of drug-likeness (QED) is 0.0399. The SMILES string of the molecule is CCCCOc1cccc([C@H]2C(=C(O)c3ccc4c(c3)C[C@@H](C)O4)C(=O)C(=O)N2c2nnc(SCc3cccc4ccccc34)s2)c1. The lowest BCUT2D eigenvalue weighted by Gasteiger charge is -2.23. The number of aromatic nitrogens is 2. The van der Waals surface area contributed by atoms with Gasteiger partial charge in [-0.2, -0.15) is 0 Å². The highest BCUT2D eigenvalue weighted by atomic mass is 32.2. The lowest BCUT2D eigenvalue weighted by Crippen LogP contribution is -2.29. The highest BCUT2D eigenvalue weighted by Crippen LogP contribution is 2.45. The molecule has 1 amide bonds. The number of nitrogens with zero attached hydrogens (tertiary/aromatic N) is 3. The number of aliphatic hydroxyl groups excluding tert-OH is 1. The number of carbonyl (C=O) groups is 2. The van der Waals surface area contributed by atoms with Crippen LogP contribution in [0.25, 0.3) is 16.5 Å². The molecule has 0 bridgehead atoms. The zero-order valence-electron chi connectivity index (χ0n) is 26.0. The van der Waals surface area contributed by atoms with E-state index in [1.807, 2.05) is 55.5 Å². The van der Waals surface area contributed by atoms with Crippen LogP contribution in [0.3, 0.4) is 0 Å². The Morgan fingerprint density at radius 1 is 1.04 bits per heavy atom. The second-order valence-electron chi connectivity index (χ2n) is 11.7. The molecule has 5 aromatic rings. The van der Waals surface area contributed by atoms with Gasteiger partial charge in [-0.15, -0.1) is 10.2 Å². The van der Waals surface area contributed by atoms with Gasteiger partial charge in [0.2, 0.25) is 5.13 Å². The summed E-state index contributed by atoms with van der Waals surface area (Å²) in [4.78, 5) is 29.0. The third-order valence-corrected chi connectivity index (χ3v) is 10.5. The lowest BCUT2D eigenvalue weighted by molar-refractivity contribution is -0.132. The Balaban J connectivity index is 1.25. The van der Waals surface area contributed by atoms with Gasteiger partial charge >= 0.3 is 5.91 Å². The number of ether oxygens (including phenoxy) is 2. The van der Waals surface area contributed by atoms with Gasteiger partial charge in [-0.05, 0) is 71.1 Å². The number of amides is 1. The molecule has 8 nitrogen and oxygen atoms in total. The monoisotopic (exact) mass is 663 g/mol. The zero-order chi connectivity index (χ0) is 32.5. The van der Waals surface area contributed by atoms with Crippen LogP contribution >= 0.6 is 23.1 Å². The number of Topliss-reactive ketones (excluding diaryl/α,β-unsaturated/α-hetero) is 1. The summed E-state index contributed by atoms with van der Waals surface area (Å²) in [5.41, 5.74) is 3.17. The second-order valence-corrected chi connectivity index (χ2v) is 13.9. The van der Waals surface area contributed by atoms with Crippen LogP contribution in [0.2, 0.25) is 0 Å². The largest absolute Gasteiger partial charge is 0.507 e. The molecule has 4 aromatic carbocycles. The van der Waals surface area contributed by atoms with E-state index in [0.29, 0.717) is 40.0 Å². The number of unbranched alkanes of at least 4 members (excludes halogenated alkanes) is 1. The molecule has 238 valence electrons. The fraction of sp³-hybridized carbons (Fsp3) is 0.243. The molecule has 0 spiro atoms. The van der Waals surface area contributed by atoms with E-state index in [1.54, 1.807) is 12.1 Å². The molecule has 1 N–H and O–H groups in total. The van der Waals surface area contributed by atoms with E-state index in [9.17, 15) is 14.7 Å². The van der Waals surface area contributed by atoms with Gasteiger partial charge in [0.15, 0.2) is 4.34 Å². The number of rotatable bonds is 10. The van der Waals surface area contributed by atoms with Crippen LogP contribution in [0, 0.1) is 0 Å². The van der Waals surface area contributed by atoms with Crippen LogP contribution < -0.4 is 14.4 Å². The maximum absolute atomic E-state index is 13.8. The van der Waals surface area contributed by atoms with Crippen molar-refractivity contribution in [2.24, 2.45) is 0 Å². The molecule has 2 atom stereocenters. The minimum absolute atomic E-state index is 0.00668. The fourth-order valence-corrected chi connectivity index (χ4v) is 7.97. The van der Waals surface area contributed by atoms with Gasteiger partial charge in [0.1, 0.15) is 23.4 Å². The van der Waals surface area contributed by atoms with Crippen molar-refractivity contribution >= 4 is 56.5 Å². The topological polar surface area (TPSA) is 102 Å². The fourth-order valence-electron chi connectivity index (χ4n) is 6.09. The summed E-state index contributed by atoms with van der Waals surface area (Å²) in [6, 6.07) is 26.2. The first-order valence-electron chi connectivity index (χ1n) is 15.7. The molecule has 0 unspecified atom stereocenters. The van der Waals surface area contributed by atoms with E-state index in [0.717, 1.165) is 29.5 Å². The maximum Gasteiger partial charge on any atom is 0.301 e. The summed E-state index contributed by atoms with van der Waals surface area (Å²) in [7, 11) is 0. The normalized spacial score (nSPS) is 18.5. The Morgan fingerprint density at radius 3 is 2.74 bits per heavy atom. The standard InChI is InChI=1S/C37H33N3O5S2/c1-3-4-17-44-28-13-8-11-24(20-28)32-31(33(41)25-15-16-30-27(19-25)18-22(2)45-30)34(42)35(43)40(32)36-38-39-37(47-36)46-21-26-12-7-10-23-9-5-6-14-29(23)26/h5-16,19-20,22,32,41H,3-4,17-18,21H2,1-2H3/t22-,32+/m1/s1. The third-order valence-electron chi connectivity index (χ3n) is 8.39. The average molecular weight is 664 g/mol. The van der Waals surface area contributed by atoms with Crippen molar-refractivity contribution in [2.45, 2.75) is 55.3 Å². The number of anilines is 1. The maximum atomic E-state index is 13.8. The molecule has 2 aliphatic rings. The molecule has 0 radical (unpaired) electrons. The van der Waals surface area contributed by atoms with E-state index >= 15 is 0 Å². The van der Waals surface area contributed by atoms with Crippen molar-refractivity contribution in [3.05, 3.63) is 113 Å². The minimum Gasteiger partial charge on any atom is -0.507 e. The van der Waals surface area contributed by atoms with Crippen LogP contribution in [0.1, 0.15) is 55.0 Å². The van der Waals surface area contributed by atoms with Crippen molar-refractivity contribution in [1.82, 2.24) is 10.2 Å². The first-order valence-corrected chi connectivity index (χ1v) is 17.5. The summed E-state index contributed by atoms with van der Waals surface area (Å²) in [5, 5.41) is 23.1. The van der Waals surface area contributed by atoms with Crippen molar-refractivity contribution in [1.29, 1.82) is 0 Å². The summed E-state index contributed by atoms with van der Waals surface area (Å²) >= 11 is 2.77. The van der Waals surface area contributed by atoms with Gasteiger partial charge in [-0.1, -0.05) is 91.0 Å². The number of thioether (sulfide) groups is 1. The summed E-state index contributed by atoms with van der Waals surface area (Å²) < 4.78 is 12.5. The Labute approximate surface area is 281 Å². The lowest BCUT2D eigenvalue weighted by atomic mass is 9.94. The first kappa shape index (κ1) is 31.0. The van der Waals surface area contributed by atoms with Crippen molar-refractivity contribution in [3.8, 4) is 11.5 Å². The number of hydrogen-bond acceptors (Lipinski definition) is 9. The molecule has 2 aliphatic heterocycles. The molecule has 7 rings (SSSR count). The van der Waals surface area contributed by atoms with Crippen LogP contribution in [0.5, 0.6) is 11.5 Å². The van der Waals surface area contributed by atoms with Crippen molar-refractivity contribution < 1.29 is 24.2 Å². The summed E-state index contributed by atoms with van der Waals surface area (Å²) in [6.45, 7) is 4.62. The molecule has 3 heterocycles. The summed E-state index contributed by atoms with van der Waals surface area (Å²) in [5.74, 6) is 0.240. The second kappa shape index (κ2) is 13.2. The zero-order valence-corrected chi connectivity index (χ0v) is 27.6. The molecule has 0 saturated carbocycles. The Bertz CT molecular complexity index is 2020. The van der Waals surface area contributed by atoms with Crippen LogP contribution in [-0.2, 0) is 21.8 Å². The molecule has 10 heteroatoms. The van der Waals surface area contributed by atoms with Gasteiger partial charge in [0, 0.05) is 17.7 Å². The smallest absolute Gasteiger partial charge is 0.301 e. The van der Waals surface area contributed by atoms with Crippen molar-refractivity contribution in [3.63, 3.8) is 0 Å². The van der Waals surface area contributed by atoms with E-state index < -0.39 is 17.7 Å². The van der Waals surface area contributed by atoms with Gasteiger partial charge < -0.3 is 14.6 Å². The highest BCUT2D eigenvalue weighted by Gasteiger charge is 2.48. The average Bonchev–Trinajstić information content (AvgIpc) is 3.78. The molecule has 1 fully saturated rings. The molecule has 1 aromatic heterocycles. The molecular formula is C37H33N3O5S2. The highest BCUT2D eigenvalue weighted by molar-refractivity contribution is 8.00. The van der Waals surface area contributed by atoms with Crippen LogP contribution in [-0.4, -0.2) is 39.7 Å². The van der Waals surface area contributed by atoms with Gasteiger partial charge in [0.05, 0.1) is 18.2 Å². The van der Waals surface area contributed by atoms with E-state index in [4.69, 9.17) is 9.47 Å². The van der Waals surface area contributed by atoms with E-state index in [1.165, 1.54) is 38.9 Å². The summed E-state index contributed by atoms with van der Waals surface area (Å²) in [6.07, 6.45) is 2.60. The number of benzene rings is 4. The Kier molecular flexibility index (Phi) is 8.70. The van der Waals surface area contributed by atoms with Gasteiger partial charge in [-0.25, -0.2) is 0 Å². The van der Waals surface area contributed by atoms with E-state index in [-0.39, 0.29) is 22.6 Å². The Hall–Kier alpha value is -4.67. The molecule has 0 aliphatic carbocycles. The Morgan fingerprint density at radius 2 is 1.87 bits per heavy atom. The third kappa shape index (κ3) is 6.11. The number of aliphatic hydroxyl groups is 1. The van der Waals surface area contributed by atoms with Crippen LogP contribution in [0.15, 0.2) is 94.8 Å². The molecular weight excluding hydrogens is 631 g/mol. The predicted molar refractivity (Wildman–Crippen MR) is 185 cm³/mol. The van der Waals surface area contributed by atoms with Gasteiger partial charge in [0.25, 0.3) is 5.78 Å². The number of ketones is 1. The molecule has 1 saturated heterocycles. The number of carbonyl (C=O) groups excluding carboxylic acids is 2. The van der Waals surface area contributed by atoms with Gasteiger partial charge in [-0.3, -0.25) is 14.5 Å². The predicted octanol–water partition coefficient (Wildman–Crippen LogP) is 8.11.